The molecule has 0 aliphatic carbocycles. The summed E-state index contributed by atoms with van der Waals surface area (Å²) >= 11 is 6.01. The van der Waals surface area contributed by atoms with E-state index in [0.29, 0.717) is 54.8 Å². The molecule has 0 spiro atoms. The standard InChI is InChI=1S/C20H22ClN3O3/c1-2-27-20(26)17-8-4-9-22-18(17)23-10-5-11-24(13-12-23)19(25)15-6-3-7-16(21)14-15/h3-4,6-9,14H,2,5,10-13H2,1H3. The fraction of sp³-hybridized carbons (Fsp3) is 0.350. The molecule has 0 saturated carbocycles. The molecular formula is C20H22ClN3O3. The van der Waals surface area contributed by atoms with E-state index in [4.69, 9.17) is 16.3 Å². The van der Waals surface area contributed by atoms with Crippen LogP contribution in [0.5, 0.6) is 0 Å². The van der Waals surface area contributed by atoms with Crippen molar-refractivity contribution in [3.05, 3.63) is 58.7 Å². The lowest BCUT2D eigenvalue weighted by atomic mass is 10.2. The smallest absolute Gasteiger partial charge is 0.341 e. The molecule has 27 heavy (non-hydrogen) atoms. The second-order valence-corrected chi connectivity index (χ2v) is 6.67. The summed E-state index contributed by atoms with van der Waals surface area (Å²) in [5.74, 6) is 0.190. The van der Waals surface area contributed by atoms with Gasteiger partial charge >= 0.3 is 5.97 Å². The number of hydrogen-bond donors (Lipinski definition) is 0. The molecule has 2 heterocycles. The maximum atomic E-state index is 12.8. The maximum Gasteiger partial charge on any atom is 0.341 e. The highest BCUT2D eigenvalue weighted by Crippen LogP contribution is 2.21. The minimum absolute atomic E-state index is 0.0361. The quantitative estimate of drug-likeness (QED) is 0.753. The molecule has 1 saturated heterocycles. The summed E-state index contributed by atoms with van der Waals surface area (Å²) in [4.78, 5) is 33.2. The number of pyridine rings is 1. The molecule has 0 bridgehead atoms. The van der Waals surface area contributed by atoms with Crippen molar-refractivity contribution in [2.24, 2.45) is 0 Å². The van der Waals surface area contributed by atoms with E-state index in [-0.39, 0.29) is 11.9 Å². The largest absolute Gasteiger partial charge is 0.462 e. The Morgan fingerprint density at radius 3 is 2.78 bits per heavy atom. The molecule has 1 aliphatic rings. The van der Waals surface area contributed by atoms with Gasteiger partial charge in [0, 0.05) is 43.0 Å². The number of esters is 1. The first-order valence-corrected chi connectivity index (χ1v) is 9.40. The average Bonchev–Trinajstić information content (AvgIpc) is 2.94. The van der Waals surface area contributed by atoms with Crippen LogP contribution in [0.15, 0.2) is 42.6 Å². The van der Waals surface area contributed by atoms with Gasteiger partial charge in [0.1, 0.15) is 11.4 Å². The van der Waals surface area contributed by atoms with Gasteiger partial charge in [0.25, 0.3) is 5.91 Å². The fourth-order valence-corrected chi connectivity index (χ4v) is 3.34. The molecule has 3 rings (SSSR count). The number of carbonyl (C=O) groups is 2. The van der Waals surface area contributed by atoms with Gasteiger partial charge in [0.2, 0.25) is 0 Å². The van der Waals surface area contributed by atoms with Crippen LogP contribution >= 0.6 is 11.6 Å². The van der Waals surface area contributed by atoms with Crippen molar-refractivity contribution < 1.29 is 14.3 Å². The van der Waals surface area contributed by atoms with Crippen LogP contribution in [0.4, 0.5) is 5.82 Å². The van der Waals surface area contributed by atoms with Gasteiger partial charge in [-0.1, -0.05) is 17.7 Å². The lowest BCUT2D eigenvalue weighted by Crippen LogP contribution is -2.35. The van der Waals surface area contributed by atoms with E-state index in [1.54, 1.807) is 49.5 Å². The van der Waals surface area contributed by atoms with Gasteiger partial charge in [0.15, 0.2) is 0 Å². The zero-order valence-corrected chi connectivity index (χ0v) is 16.0. The topological polar surface area (TPSA) is 62.7 Å². The number of rotatable bonds is 4. The first kappa shape index (κ1) is 19.2. The van der Waals surface area contributed by atoms with Crippen LogP contribution in [-0.2, 0) is 4.74 Å². The highest BCUT2D eigenvalue weighted by molar-refractivity contribution is 6.30. The van der Waals surface area contributed by atoms with Crippen molar-refractivity contribution >= 4 is 29.3 Å². The van der Waals surface area contributed by atoms with Gasteiger partial charge in [-0.25, -0.2) is 9.78 Å². The minimum Gasteiger partial charge on any atom is -0.462 e. The Morgan fingerprint density at radius 2 is 2.00 bits per heavy atom. The van der Waals surface area contributed by atoms with Crippen LogP contribution in [-0.4, -0.2) is 54.5 Å². The summed E-state index contributed by atoms with van der Waals surface area (Å²) < 4.78 is 5.14. The summed E-state index contributed by atoms with van der Waals surface area (Å²) in [6.07, 6.45) is 2.45. The Labute approximate surface area is 163 Å². The number of halogens is 1. The predicted octanol–water partition coefficient (Wildman–Crippen LogP) is 3.26. The van der Waals surface area contributed by atoms with Gasteiger partial charge < -0.3 is 14.5 Å². The molecule has 2 aromatic rings. The van der Waals surface area contributed by atoms with E-state index in [2.05, 4.69) is 4.98 Å². The van der Waals surface area contributed by atoms with Crippen molar-refractivity contribution in [1.82, 2.24) is 9.88 Å². The Hall–Kier alpha value is -2.60. The van der Waals surface area contributed by atoms with E-state index < -0.39 is 0 Å². The van der Waals surface area contributed by atoms with Crippen molar-refractivity contribution in [3.63, 3.8) is 0 Å². The van der Waals surface area contributed by atoms with Crippen molar-refractivity contribution in [2.75, 3.05) is 37.7 Å². The normalized spacial score (nSPS) is 14.6. The number of carbonyl (C=O) groups excluding carboxylic acids is 2. The van der Waals surface area contributed by atoms with Crippen LogP contribution in [0.2, 0.25) is 5.02 Å². The van der Waals surface area contributed by atoms with E-state index in [9.17, 15) is 9.59 Å². The van der Waals surface area contributed by atoms with Crippen LogP contribution in [0.25, 0.3) is 0 Å². The minimum atomic E-state index is -0.378. The molecule has 6 nitrogen and oxygen atoms in total. The monoisotopic (exact) mass is 387 g/mol. The van der Waals surface area contributed by atoms with Crippen LogP contribution < -0.4 is 4.90 Å². The Bertz CT molecular complexity index is 828. The van der Waals surface area contributed by atoms with Crippen molar-refractivity contribution in [1.29, 1.82) is 0 Å². The molecule has 0 atom stereocenters. The molecule has 142 valence electrons. The second-order valence-electron chi connectivity index (χ2n) is 6.24. The third kappa shape index (κ3) is 4.57. The van der Waals surface area contributed by atoms with Gasteiger partial charge in [-0.2, -0.15) is 0 Å². The Kier molecular flexibility index (Phi) is 6.29. The highest BCUT2D eigenvalue weighted by atomic mass is 35.5. The molecule has 1 aromatic carbocycles. The molecular weight excluding hydrogens is 366 g/mol. The lowest BCUT2D eigenvalue weighted by molar-refractivity contribution is 0.0526. The highest BCUT2D eigenvalue weighted by Gasteiger charge is 2.24. The first-order chi connectivity index (χ1) is 13.1. The summed E-state index contributed by atoms with van der Waals surface area (Å²) in [5, 5.41) is 0.546. The Balaban J connectivity index is 1.74. The molecule has 7 heteroatoms. The lowest BCUT2D eigenvalue weighted by Gasteiger charge is -2.24. The second kappa shape index (κ2) is 8.86. The van der Waals surface area contributed by atoms with Gasteiger partial charge in [0.05, 0.1) is 6.61 Å². The summed E-state index contributed by atoms with van der Waals surface area (Å²) in [6.45, 7) is 4.58. The number of ether oxygens (including phenoxy) is 1. The summed E-state index contributed by atoms with van der Waals surface area (Å²) in [5.41, 5.74) is 1.04. The fourth-order valence-electron chi connectivity index (χ4n) is 3.15. The Morgan fingerprint density at radius 1 is 1.15 bits per heavy atom. The summed E-state index contributed by atoms with van der Waals surface area (Å²) in [7, 11) is 0. The number of aromatic nitrogens is 1. The zero-order valence-electron chi connectivity index (χ0n) is 15.2. The average molecular weight is 388 g/mol. The summed E-state index contributed by atoms with van der Waals surface area (Å²) in [6, 6.07) is 10.4. The van der Waals surface area contributed by atoms with E-state index >= 15 is 0 Å². The van der Waals surface area contributed by atoms with E-state index in [0.717, 1.165) is 6.42 Å². The number of hydrogen-bond acceptors (Lipinski definition) is 5. The van der Waals surface area contributed by atoms with Gasteiger partial charge in [-0.15, -0.1) is 0 Å². The van der Waals surface area contributed by atoms with E-state index in [1.807, 2.05) is 9.80 Å². The van der Waals surface area contributed by atoms with Crippen molar-refractivity contribution in [2.45, 2.75) is 13.3 Å². The first-order valence-electron chi connectivity index (χ1n) is 9.02. The number of benzene rings is 1. The van der Waals surface area contributed by atoms with Crippen molar-refractivity contribution in [3.8, 4) is 0 Å². The number of amides is 1. The van der Waals surface area contributed by atoms with Gasteiger partial charge in [-0.3, -0.25) is 4.79 Å². The van der Waals surface area contributed by atoms with Crippen LogP contribution in [0.3, 0.4) is 0 Å². The number of nitrogens with zero attached hydrogens (tertiary/aromatic N) is 3. The predicted molar refractivity (Wildman–Crippen MR) is 104 cm³/mol. The third-order valence-corrected chi connectivity index (χ3v) is 4.67. The molecule has 1 aromatic heterocycles. The van der Waals surface area contributed by atoms with Gasteiger partial charge in [-0.05, 0) is 43.7 Å². The molecule has 1 fully saturated rings. The molecule has 1 aliphatic heterocycles. The molecule has 0 radical (unpaired) electrons. The number of anilines is 1. The van der Waals surface area contributed by atoms with Crippen LogP contribution in [0.1, 0.15) is 34.1 Å². The van der Waals surface area contributed by atoms with E-state index in [1.165, 1.54) is 0 Å². The maximum absolute atomic E-state index is 12.8. The molecule has 0 unspecified atom stereocenters. The SMILES string of the molecule is CCOC(=O)c1cccnc1N1CCCN(C(=O)c2cccc(Cl)c2)CC1. The molecule has 0 N–H and O–H groups in total. The zero-order chi connectivity index (χ0) is 19.2. The van der Waals surface area contributed by atoms with Crippen LogP contribution in [0, 0.1) is 0 Å². The third-order valence-electron chi connectivity index (χ3n) is 4.44. The molecule has 1 amide bonds.